The van der Waals surface area contributed by atoms with Crippen molar-refractivity contribution < 1.29 is 23.1 Å². The van der Waals surface area contributed by atoms with Crippen LogP contribution < -0.4 is 15.2 Å². The third-order valence-corrected chi connectivity index (χ3v) is 3.95. The number of hydrogen-bond acceptors (Lipinski definition) is 5. The molecule has 0 saturated heterocycles. The fraction of sp³-hybridized carbons (Fsp3) is 0.364. The molecule has 0 radical (unpaired) electrons. The predicted molar refractivity (Wildman–Crippen MR) is 70.6 cm³/mol. The lowest BCUT2D eigenvalue weighted by molar-refractivity contribution is -0.136. The summed E-state index contributed by atoms with van der Waals surface area (Å²) < 4.78 is 30.9. The average Bonchev–Trinajstić information content (AvgIpc) is 2.35. The second kappa shape index (κ2) is 6.39. The largest absolute Gasteiger partial charge is 0.492 e. The van der Waals surface area contributed by atoms with E-state index in [4.69, 9.17) is 15.6 Å². The second-order valence-corrected chi connectivity index (χ2v) is 5.79. The number of nitrogens with one attached hydrogen (secondary N) is 1. The maximum absolute atomic E-state index is 11.7. The maximum Gasteiger partial charge on any atom is 0.323 e. The fourth-order valence-corrected chi connectivity index (χ4v) is 2.11. The van der Waals surface area contributed by atoms with E-state index in [2.05, 4.69) is 4.72 Å². The van der Waals surface area contributed by atoms with Crippen LogP contribution in [0.2, 0.25) is 0 Å². The summed E-state index contributed by atoms with van der Waals surface area (Å²) in [5.74, 6) is -0.961. The van der Waals surface area contributed by atoms with Gasteiger partial charge in [0.2, 0.25) is 10.0 Å². The van der Waals surface area contributed by atoms with Gasteiger partial charge in [-0.1, -0.05) is 6.07 Å². The fourth-order valence-electron chi connectivity index (χ4n) is 1.21. The van der Waals surface area contributed by atoms with Gasteiger partial charge in [0, 0.05) is 12.6 Å². The highest BCUT2D eigenvalue weighted by molar-refractivity contribution is 7.94. The third kappa shape index (κ3) is 4.42. The van der Waals surface area contributed by atoms with E-state index in [0.717, 1.165) is 6.92 Å². The smallest absolute Gasteiger partial charge is 0.323 e. The third-order valence-electron chi connectivity index (χ3n) is 2.29. The Kier molecular flexibility index (Phi) is 5.13. The molecule has 0 fully saturated rings. The molecule has 8 heteroatoms. The number of sulfonamides is 1. The minimum Gasteiger partial charge on any atom is -0.492 e. The van der Waals surface area contributed by atoms with Crippen LogP contribution in [0.1, 0.15) is 6.92 Å². The topological polar surface area (TPSA) is 119 Å². The first-order chi connectivity index (χ1) is 8.86. The Morgan fingerprint density at radius 2 is 2.21 bits per heavy atom. The lowest BCUT2D eigenvalue weighted by Crippen LogP contribution is -2.32. The van der Waals surface area contributed by atoms with Crippen molar-refractivity contribution in [2.75, 3.05) is 17.9 Å². The maximum atomic E-state index is 11.7. The average molecular weight is 288 g/mol. The molecule has 1 atom stereocenters. The van der Waals surface area contributed by atoms with Crippen LogP contribution in [-0.2, 0) is 14.8 Å². The predicted octanol–water partition coefficient (Wildman–Crippen LogP) is 0.239. The van der Waals surface area contributed by atoms with Gasteiger partial charge < -0.3 is 15.6 Å². The van der Waals surface area contributed by atoms with Gasteiger partial charge in [0.25, 0.3) is 0 Å². The molecule has 7 nitrogen and oxygen atoms in total. The molecule has 0 amide bonds. The molecule has 0 spiro atoms. The Labute approximate surface area is 111 Å². The normalized spacial score (nSPS) is 12.7. The Morgan fingerprint density at radius 3 is 2.79 bits per heavy atom. The van der Waals surface area contributed by atoms with Crippen LogP contribution in [0.4, 0.5) is 5.69 Å². The summed E-state index contributed by atoms with van der Waals surface area (Å²) in [5.41, 5.74) is 5.53. The number of anilines is 1. The standard InChI is InChI=1S/C11H16N2O5S/c1-8(11(14)15)19(16,17)13-9-3-2-4-10(7-9)18-6-5-12/h2-4,7-8,13H,5-6,12H2,1H3,(H,14,15). The first-order valence-corrected chi connectivity index (χ1v) is 7.09. The summed E-state index contributed by atoms with van der Waals surface area (Å²) in [5, 5.41) is 7.17. The zero-order chi connectivity index (χ0) is 14.5. The number of carbonyl (C=O) groups is 1. The zero-order valence-electron chi connectivity index (χ0n) is 10.4. The van der Waals surface area contributed by atoms with E-state index < -0.39 is 21.2 Å². The van der Waals surface area contributed by atoms with E-state index in [0.29, 0.717) is 18.9 Å². The first-order valence-electron chi connectivity index (χ1n) is 5.54. The van der Waals surface area contributed by atoms with E-state index >= 15 is 0 Å². The van der Waals surface area contributed by atoms with Crippen molar-refractivity contribution in [3.05, 3.63) is 24.3 Å². The van der Waals surface area contributed by atoms with E-state index in [1.807, 2.05) is 0 Å². The number of nitrogens with two attached hydrogens (primary N) is 1. The lowest BCUT2D eigenvalue weighted by atomic mass is 10.3. The highest BCUT2D eigenvalue weighted by Gasteiger charge is 2.27. The van der Waals surface area contributed by atoms with Crippen LogP contribution in [0.25, 0.3) is 0 Å². The van der Waals surface area contributed by atoms with Crippen LogP contribution in [0.15, 0.2) is 24.3 Å². The van der Waals surface area contributed by atoms with Crippen LogP contribution in [0.3, 0.4) is 0 Å². The van der Waals surface area contributed by atoms with Crippen molar-refractivity contribution in [1.29, 1.82) is 0 Å². The van der Waals surface area contributed by atoms with Gasteiger partial charge >= 0.3 is 5.97 Å². The molecule has 0 saturated carbocycles. The summed E-state index contributed by atoms with van der Waals surface area (Å²) in [6.45, 7) is 1.74. The minimum absolute atomic E-state index is 0.239. The Hall–Kier alpha value is -1.80. The number of carboxylic acids is 1. The molecule has 0 aliphatic heterocycles. The van der Waals surface area contributed by atoms with E-state index in [1.165, 1.54) is 12.1 Å². The van der Waals surface area contributed by atoms with E-state index in [9.17, 15) is 13.2 Å². The van der Waals surface area contributed by atoms with Crippen molar-refractivity contribution >= 4 is 21.7 Å². The molecule has 19 heavy (non-hydrogen) atoms. The SMILES string of the molecule is CC(C(=O)O)S(=O)(=O)Nc1cccc(OCCN)c1. The van der Waals surface area contributed by atoms with Crippen molar-refractivity contribution in [2.24, 2.45) is 5.73 Å². The quantitative estimate of drug-likeness (QED) is 0.661. The summed E-state index contributed by atoms with van der Waals surface area (Å²) >= 11 is 0. The summed E-state index contributed by atoms with van der Waals surface area (Å²) in [6, 6.07) is 6.20. The molecular formula is C11H16N2O5S. The van der Waals surface area contributed by atoms with Gasteiger partial charge in [0.1, 0.15) is 12.4 Å². The second-order valence-electron chi connectivity index (χ2n) is 3.79. The minimum atomic E-state index is -3.98. The molecule has 1 aromatic rings. The summed E-state index contributed by atoms with van der Waals surface area (Å²) in [4.78, 5) is 10.7. The molecule has 0 aliphatic carbocycles. The number of aliphatic carboxylic acids is 1. The van der Waals surface area contributed by atoms with Crippen molar-refractivity contribution in [3.63, 3.8) is 0 Å². The molecule has 0 aromatic heterocycles. The number of rotatable bonds is 7. The summed E-state index contributed by atoms with van der Waals surface area (Å²) in [6.07, 6.45) is 0. The number of carboxylic acid groups (broad SMARTS) is 1. The molecule has 1 rings (SSSR count). The Bertz CT molecular complexity index is 544. The van der Waals surface area contributed by atoms with Crippen LogP contribution in [0.5, 0.6) is 5.75 Å². The molecule has 1 unspecified atom stereocenters. The van der Waals surface area contributed by atoms with Gasteiger partial charge in [-0.2, -0.15) is 0 Å². The van der Waals surface area contributed by atoms with Gasteiger partial charge in [-0.05, 0) is 19.1 Å². The number of hydrogen-bond donors (Lipinski definition) is 3. The molecule has 0 bridgehead atoms. The van der Waals surface area contributed by atoms with Crippen LogP contribution in [0, 0.1) is 0 Å². The summed E-state index contributed by atoms with van der Waals surface area (Å²) in [7, 11) is -3.98. The zero-order valence-corrected chi connectivity index (χ0v) is 11.2. The highest BCUT2D eigenvalue weighted by atomic mass is 32.2. The molecule has 4 N–H and O–H groups in total. The van der Waals surface area contributed by atoms with Gasteiger partial charge in [0.05, 0.1) is 5.69 Å². The number of benzene rings is 1. The monoisotopic (exact) mass is 288 g/mol. The highest BCUT2D eigenvalue weighted by Crippen LogP contribution is 2.19. The number of ether oxygens (including phenoxy) is 1. The Morgan fingerprint density at radius 1 is 1.53 bits per heavy atom. The van der Waals surface area contributed by atoms with Crippen LogP contribution >= 0.6 is 0 Å². The molecule has 0 aliphatic rings. The lowest BCUT2D eigenvalue weighted by Gasteiger charge is -2.12. The molecule has 106 valence electrons. The molecule has 1 aromatic carbocycles. The van der Waals surface area contributed by atoms with Crippen LogP contribution in [-0.4, -0.2) is 37.9 Å². The van der Waals surface area contributed by atoms with Crippen molar-refractivity contribution in [2.45, 2.75) is 12.2 Å². The van der Waals surface area contributed by atoms with Gasteiger partial charge in [-0.3, -0.25) is 9.52 Å². The van der Waals surface area contributed by atoms with Gasteiger partial charge in [-0.15, -0.1) is 0 Å². The first kappa shape index (κ1) is 15.3. The van der Waals surface area contributed by atoms with Crippen molar-refractivity contribution in [3.8, 4) is 5.75 Å². The van der Waals surface area contributed by atoms with Gasteiger partial charge in [-0.25, -0.2) is 8.42 Å². The van der Waals surface area contributed by atoms with E-state index in [1.54, 1.807) is 12.1 Å². The van der Waals surface area contributed by atoms with Gasteiger partial charge in [0.15, 0.2) is 5.25 Å². The van der Waals surface area contributed by atoms with Crippen molar-refractivity contribution in [1.82, 2.24) is 0 Å². The molecule has 0 heterocycles. The van der Waals surface area contributed by atoms with E-state index in [-0.39, 0.29) is 5.69 Å². The Balaban J connectivity index is 2.85. The molecular weight excluding hydrogens is 272 g/mol.